The highest BCUT2D eigenvalue weighted by Gasteiger charge is 2.33. The van der Waals surface area contributed by atoms with E-state index in [0.29, 0.717) is 36.5 Å². The van der Waals surface area contributed by atoms with E-state index in [9.17, 15) is 18.0 Å². The predicted molar refractivity (Wildman–Crippen MR) is 114 cm³/mol. The molecule has 0 saturated carbocycles. The van der Waals surface area contributed by atoms with Gasteiger partial charge >= 0.3 is 6.18 Å². The maximum Gasteiger partial charge on any atom is 0.416 e. The summed E-state index contributed by atoms with van der Waals surface area (Å²) in [5.41, 5.74) is 1.66. The molecule has 0 bridgehead atoms. The number of nitrogens with zero attached hydrogens (tertiary/aromatic N) is 3. The van der Waals surface area contributed by atoms with Crippen molar-refractivity contribution in [2.24, 2.45) is 0 Å². The van der Waals surface area contributed by atoms with Gasteiger partial charge in [0.25, 0.3) is 0 Å². The summed E-state index contributed by atoms with van der Waals surface area (Å²) in [6.07, 6.45) is -2.44. The van der Waals surface area contributed by atoms with E-state index >= 15 is 0 Å². The zero-order valence-electron chi connectivity index (χ0n) is 17.0. The molecule has 0 spiro atoms. The average molecular weight is 446 g/mol. The summed E-state index contributed by atoms with van der Waals surface area (Å²) in [5.74, 6) is 0.599. The predicted octanol–water partition coefficient (Wildman–Crippen LogP) is 5.77. The van der Waals surface area contributed by atoms with Gasteiger partial charge in [-0.1, -0.05) is 48.2 Å². The van der Waals surface area contributed by atoms with Crippen LogP contribution in [-0.2, 0) is 23.9 Å². The Morgan fingerprint density at radius 3 is 2.65 bits per heavy atom. The van der Waals surface area contributed by atoms with Crippen molar-refractivity contribution in [3.05, 3.63) is 65.2 Å². The summed E-state index contributed by atoms with van der Waals surface area (Å²) in [6.45, 7) is 2.66. The summed E-state index contributed by atoms with van der Waals surface area (Å²) in [6, 6.07) is 13.5. The van der Waals surface area contributed by atoms with Gasteiger partial charge in [0.1, 0.15) is 0 Å². The van der Waals surface area contributed by atoms with Gasteiger partial charge in [-0.15, -0.1) is 10.2 Å². The van der Waals surface area contributed by atoms with Crippen molar-refractivity contribution in [2.75, 3.05) is 5.75 Å². The molecular formula is C23H22F3N3OS. The van der Waals surface area contributed by atoms with Gasteiger partial charge < -0.3 is 4.57 Å². The first kappa shape index (κ1) is 21.6. The molecule has 2 aromatic carbocycles. The Bertz CT molecular complexity index is 1080. The number of hydrogen-bond acceptors (Lipinski definition) is 4. The molecule has 4 rings (SSSR count). The lowest BCUT2D eigenvalue weighted by Crippen LogP contribution is -2.21. The minimum absolute atomic E-state index is 0.0117. The number of hydrogen-bond donors (Lipinski definition) is 0. The van der Waals surface area contributed by atoms with E-state index in [1.165, 1.54) is 23.9 Å². The van der Waals surface area contributed by atoms with E-state index in [-0.39, 0.29) is 17.5 Å². The second-order valence-corrected chi connectivity index (χ2v) is 8.47. The minimum atomic E-state index is -4.37. The van der Waals surface area contributed by atoms with Crippen molar-refractivity contribution in [1.29, 1.82) is 0 Å². The Kier molecular flexibility index (Phi) is 6.18. The second kappa shape index (κ2) is 8.86. The lowest BCUT2D eigenvalue weighted by molar-refractivity contribution is -0.137. The number of alkyl halides is 3. The van der Waals surface area contributed by atoms with Crippen molar-refractivity contribution >= 4 is 17.5 Å². The summed E-state index contributed by atoms with van der Waals surface area (Å²) < 4.78 is 41.1. The number of carbonyl (C=O) groups excluding carboxylic acids is 1. The van der Waals surface area contributed by atoms with E-state index in [0.717, 1.165) is 23.0 Å². The van der Waals surface area contributed by atoms with Crippen LogP contribution in [-0.4, -0.2) is 26.3 Å². The molecule has 0 saturated heterocycles. The van der Waals surface area contributed by atoms with Gasteiger partial charge in [0.15, 0.2) is 16.8 Å². The van der Waals surface area contributed by atoms with Crippen molar-refractivity contribution in [1.82, 2.24) is 14.8 Å². The number of thioether (sulfide) groups is 1. The van der Waals surface area contributed by atoms with E-state index in [1.54, 1.807) is 0 Å². The number of fused-ring (bicyclic) bond motifs is 1. The van der Waals surface area contributed by atoms with Gasteiger partial charge in [-0.3, -0.25) is 4.79 Å². The molecule has 0 aliphatic heterocycles. The largest absolute Gasteiger partial charge is 0.416 e. The number of ketones is 1. The molecule has 0 amide bonds. The van der Waals surface area contributed by atoms with Crippen LogP contribution in [0.25, 0.3) is 11.4 Å². The molecule has 3 aromatic rings. The van der Waals surface area contributed by atoms with E-state index in [1.807, 2.05) is 41.8 Å². The van der Waals surface area contributed by atoms with Crippen LogP contribution in [0.4, 0.5) is 13.2 Å². The Morgan fingerprint density at radius 1 is 1.16 bits per heavy atom. The van der Waals surface area contributed by atoms with Gasteiger partial charge in [-0.05, 0) is 49.4 Å². The van der Waals surface area contributed by atoms with Crippen LogP contribution in [0, 0.1) is 0 Å². The molecule has 1 aromatic heterocycles. The number of aromatic nitrogens is 3. The summed E-state index contributed by atoms with van der Waals surface area (Å²) in [5, 5.41) is 9.22. The fourth-order valence-electron chi connectivity index (χ4n) is 4.04. The first-order chi connectivity index (χ1) is 14.9. The topological polar surface area (TPSA) is 47.8 Å². The maximum absolute atomic E-state index is 13.0. The smallest absolute Gasteiger partial charge is 0.302 e. The van der Waals surface area contributed by atoms with Gasteiger partial charge in [0.05, 0.1) is 11.3 Å². The van der Waals surface area contributed by atoms with Crippen molar-refractivity contribution in [3.63, 3.8) is 0 Å². The van der Waals surface area contributed by atoms with Crippen LogP contribution in [0.5, 0.6) is 0 Å². The molecule has 162 valence electrons. The lowest BCUT2D eigenvalue weighted by Gasteiger charge is -2.25. The lowest BCUT2D eigenvalue weighted by atomic mass is 9.80. The van der Waals surface area contributed by atoms with E-state index in [4.69, 9.17) is 0 Å². The highest BCUT2D eigenvalue weighted by molar-refractivity contribution is 7.99. The van der Waals surface area contributed by atoms with Gasteiger partial charge in [-0.25, -0.2) is 0 Å². The minimum Gasteiger partial charge on any atom is -0.302 e. The Labute approximate surface area is 182 Å². The molecule has 0 fully saturated rings. The normalized spacial score (nSPS) is 16.2. The molecule has 1 atom stereocenters. The van der Waals surface area contributed by atoms with Gasteiger partial charge in [0.2, 0.25) is 0 Å². The molecular weight excluding hydrogens is 423 g/mol. The third kappa shape index (κ3) is 4.54. The molecule has 31 heavy (non-hydrogen) atoms. The van der Waals surface area contributed by atoms with Crippen molar-refractivity contribution < 1.29 is 18.0 Å². The van der Waals surface area contributed by atoms with Crippen molar-refractivity contribution in [3.8, 4) is 11.4 Å². The molecule has 1 unspecified atom stereocenters. The van der Waals surface area contributed by atoms with Gasteiger partial charge in [-0.2, -0.15) is 13.2 Å². The number of rotatable bonds is 6. The van der Waals surface area contributed by atoms with Crippen LogP contribution in [0.2, 0.25) is 0 Å². The quantitative estimate of drug-likeness (QED) is 0.452. The fraction of sp³-hybridized carbons (Fsp3) is 0.348. The Morgan fingerprint density at radius 2 is 1.94 bits per heavy atom. The first-order valence-corrected chi connectivity index (χ1v) is 11.2. The van der Waals surface area contributed by atoms with Crippen LogP contribution in [0.1, 0.15) is 42.4 Å². The fourth-order valence-corrected chi connectivity index (χ4v) is 4.99. The van der Waals surface area contributed by atoms with Crippen LogP contribution < -0.4 is 0 Å². The number of aryl methyl sites for hydroxylation is 1. The number of carbonyl (C=O) groups is 1. The van der Waals surface area contributed by atoms with Crippen molar-refractivity contribution in [2.45, 2.75) is 50.0 Å². The SMILES string of the molecule is CCn1c(SCC(=O)C2CCCc3cc(C(F)(F)F)ccc32)nnc1-c1ccccc1. The zero-order valence-corrected chi connectivity index (χ0v) is 17.8. The van der Waals surface area contributed by atoms with Crippen LogP contribution >= 0.6 is 11.8 Å². The summed E-state index contributed by atoms with van der Waals surface area (Å²) in [7, 11) is 0. The monoisotopic (exact) mass is 445 g/mol. The molecule has 0 N–H and O–H groups in total. The number of benzene rings is 2. The standard InChI is InChI=1S/C23H22F3N3OS/c1-2-29-21(15-7-4-3-5-8-15)27-28-22(29)31-14-20(30)19-10-6-9-16-13-17(23(24,25)26)11-12-18(16)19/h3-5,7-8,11-13,19H,2,6,9-10,14H2,1H3. The zero-order chi connectivity index (χ0) is 22.0. The van der Waals surface area contributed by atoms with E-state index < -0.39 is 11.7 Å². The molecule has 4 nitrogen and oxygen atoms in total. The molecule has 0 radical (unpaired) electrons. The highest BCUT2D eigenvalue weighted by Crippen LogP contribution is 2.38. The Hall–Kier alpha value is -2.61. The van der Waals surface area contributed by atoms with Crippen LogP contribution in [0.3, 0.4) is 0 Å². The summed E-state index contributed by atoms with van der Waals surface area (Å²) in [4.78, 5) is 13.0. The first-order valence-electron chi connectivity index (χ1n) is 10.2. The molecule has 8 heteroatoms. The number of halogens is 3. The Balaban J connectivity index is 1.50. The second-order valence-electron chi connectivity index (χ2n) is 7.53. The third-order valence-electron chi connectivity index (χ3n) is 5.58. The average Bonchev–Trinajstić information content (AvgIpc) is 3.19. The summed E-state index contributed by atoms with van der Waals surface area (Å²) >= 11 is 1.33. The van der Waals surface area contributed by atoms with Crippen LogP contribution in [0.15, 0.2) is 53.7 Å². The molecule has 1 aliphatic carbocycles. The highest BCUT2D eigenvalue weighted by atomic mass is 32.2. The molecule has 1 heterocycles. The third-order valence-corrected chi connectivity index (χ3v) is 6.57. The molecule has 1 aliphatic rings. The van der Waals surface area contributed by atoms with Gasteiger partial charge in [0, 0.05) is 18.0 Å². The van der Waals surface area contributed by atoms with E-state index in [2.05, 4.69) is 10.2 Å². The number of Topliss-reactive ketones (excluding diaryl/α,β-unsaturated/α-hetero) is 1. The maximum atomic E-state index is 13.0.